The first-order chi connectivity index (χ1) is 40.5. The molecule has 0 saturated heterocycles. The van der Waals surface area contributed by atoms with E-state index in [4.69, 9.17) is 14.2 Å². The molecule has 0 spiro atoms. The molecule has 6 nitrogen and oxygen atoms in total. The fraction of sp³-hybridized carbons (Fsp3) is 0.855. The van der Waals surface area contributed by atoms with Gasteiger partial charge in [0.1, 0.15) is 13.2 Å². The van der Waals surface area contributed by atoms with Gasteiger partial charge in [0.25, 0.3) is 0 Å². The quantitative estimate of drug-likeness (QED) is 0.0261. The summed E-state index contributed by atoms with van der Waals surface area (Å²) in [5.41, 5.74) is 0. The summed E-state index contributed by atoms with van der Waals surface area (Å²) in [5.74, 6) is -0.862. The van der Waals surface area contributed by atoms with Crippen molar-refractivity contribution in [3.63, 3.8) is 0 Å². The number of hydrogen-bond donors (Lipinski definition) is 0. The Morgan fingerprint density at radius 1 is 0.256 bits per heavy atom. The van der Waals surface area contributed by atoms with E-state index in [1.807, 2.05) is 0 Å². The first kappa shape index (κ1) is 79.4. The summed E-state index contributed by atoms with van der Waals surface area (Å²) in [4.78, 5) is 38.5. The molecule has 0 aromatic carbocycles. The highest BCUT2D eigenvalue weighted by atomic mass is 16.6. The lowest BCUT2D eigenvalue weighted by Crippen LogP contribution is -2.30. The Morgan fingerprint density at radius 2 is 0.476 bits per heavy atom. The van der Waals surface area contributed by atoms with Gasteiger partial charge in [-0.1, -0.05) is 352 Å². The lowest BCUT2D eigenvalue weighted by Gasteiger charge is -2.18. The summed E-state index contributed by atoms with van der Waals surface area (Å²) in [5, 5.41) is 0. The molecule has 0 aliphatic carbocycles. The van der Waals surface area contributed by atoms with Crippen molar-refractivity contribution in [2.75, 3.05) is 13.2 Å². The van der Waals surface area contributed by atoms with Gasteiger partial charge in [0.05, 0.1) is 0 Å². The van der Waals surface area contributed by atoms with E-state index in [-0.39, 0.29) is 31.1 Å². The zero-order chi connectivity index (χ0) is 59.2. The van der Waals surface area contributed by atoms with Crippen LogP contribution >= 0.6 is 0 Å². The molecule has 0 heterocycles. The third-order valence-corrected chi connectivity index (χ3v) is 16.6. The van der Waals surface area contributed by atoms with Gasteiger partial charge in [-0.25, -0.2) is 0 Å². The van der Waals surface area contributed by atoms with Gasteiger partial charge in [-0.3, -0.25) is 14.4 Å². The van der Waals surface area contributed by atoms with Crippen LogP contribution < -0.4 is 0 Å². The van der Waals surface area contributed by atoms with E-state index in [0.717, 1.165) is 96.3 Å². The van der Waals surface area contributed by atoms with Gasteiger partial charge in [0, 0.05) is 19.3 Å². The van der Waals surface area contributed by atoms with E-state index in [0.29, 0.717) is 19.3 Å². The molecule has 0 rings (SSSR count). The molecule has 6 heteroatoms. The normalized spacial score (nSPS) is 12.3. The van der Waals surface area contributed by atoms with Crippen LogP contribution in [0.5, 0.6) is 0 Å². The van der Waals surface area contributed by atoms with Crippen molar-refractivity contribution in [3.8, 4) is 0 Å². The second-order valence-electron chi connectivity index (χ2n) is 24.8. The Balaban J connectivity index is 4.25. The highest BCUT2D eigenvalue weighted by molar-refractivity contribution is 5.71. The van der Waals surface area contributed by atoms with Crippen LogP contribution in [-0.2, 0) is 28.6 Å². The van der Waals surface area contributed by atoms with Gasteiger partial charge in [-0.05, 0) is 77.0 Å². The summed E-state index contributed by atoms with van der Waals surface area (Å²) in [7, 11) is 0. The number of unbranched alkanes of at least 4 members (excludes halogenated alkanes) is 49. The Morgan fingerprint density at radius 3 is 0.756 bits per heavy atom. The predicted molar refractivity (Wildman–Crippen MR) is 358 cm³/mol. The molecule has 1 unspecified atom stereocenters. The maximum Gasteiger partial charge on any atom is 0.306 e. The van der Waals surface area contributed by atoms with Crippen LogP contribution in [0.1, 0.15) is 400 Å². The van der Waals surface area contributed by atoms with Crippen LogP contribution in [0.3, 0.4) is 0 Å². The number of carbonyl (C=O) groups excluding carboxylic acids is 3. The third-order valence-electron chi connectivity index (χ3n) is 16.6. The molecule has 0 aromatic heterocycles. The van der Waals surface area contributed by atoms with Crippen molar-refractivity contribution >= 4 is 17.9 Å². The van der Waals surface area contributed by atoms with Crippen molar-refractivity contribution in [1.82, 2.24) is 0 Å². The molecule has 0 aliphatic heterocycles. The van der Waals surface area contributed by atoms with E-state index in [1.54, 1.807) is 0 Å². The smallest absolute Gasteiger partial charge is 0.306 e. The second kappa shape index (κ2) is 70.9. The van der Waals surface area contributed by atoms with Crippen LogP contribution in [-0.4, -0.2) is 37.2 Å². The molecule has 82 heavy (non-hydrogen) atoms. The summed E-state index contributed by atoms with van der Waals surface area (Å²) < 4.78 is 17.0. The zero-order valence-electron chi connectivity index (χ0n) is 55.3. The van der Waals surface area contributed by atoms with Gasteiger partial charge in [-0.15, -0.1) is 0 Å². The van der Waals surface area contributed by atoms with Crippen LogP contribution in [0, 0.1) is 0 Å². The number of hydrogen-bond acceptors (Lipinski definition) is 6. The van der Waals surface area contributed by atoms with E-state index in [2.05, 4.69) is 69.4 Å². The van der Waals surface area contributed by atoms with Crippen molar-refractivity contribution in [2.24, 2.45) is 0 Å². The number of esters is 3. The minimum absolute atomic E-state index is 0.0738. The Labute approximate surface area is 511 Å². The number of rotatable bonds is 68. The van der Waals surface area contributed by atoms with Crippen molar-refractivity contribution in [2.45, 2.75) is 406 Å². The maximum atomic E-state index is 13.0. The summed E-state index contributed by atoms with van der Waals surface area (Å²) >= 11 is 0. The molecule has 1 atom stereocenters. The summed E-state index contributed by atoms with van der Waals surface area (Å²) in [6, 6.07) is 0. The molecule has 480 valence electrons. The van der Waals surface area contributed by atoms with Crippen molar-refractivity contribution in [1.29, 1.82) is 0 Å². The lowest BCUT2D eigenvalue weighted by atomic mass is 10.0. The molecule has 0 amide bonds. The number of ether oxygens (including phenoxy) is 3. The Bertz CT molecular complexity index is 1410. The van der Waals surface area contributed by atoms with Gasteiger partial charge in [0.15, 0.2) is 6.10 Å². The number of carbonyl (C=O) groups is 3. The first-order valence-corrected chi connectivity index (χ1v) is 36.6. The molecule has 0 aromatic rings. The third kappa shape index (κ3) is 68.2. The second-order valence-corrected chi connectivity index (χ2v) is 24.8. The highest BCUT2D eigenvalue weighted by Gasteiger charge is 2.19. The SMILES string of the molecule is CC/C=C\C/C=C\C/C=C\CCCCCCCC(=O)OCC(COC(=O)CCCCCCCCCCCCCCCCC/C=C\CCCCCCCCCC)OC(=O)CCCCCCCCCCCCCCCCCCCCCCCC. The van der Waals surface area contributed by atoms with Crippen LogP contribution in [0.2, 0.25) is 0 Å². The maximum absolute atomic E-state index is 13.0. The largest absolute Gasteiger partial charge is 0.462 e. The van der Waals surface area contributed by atoms with Crippen LogP contribution in [0.4, 0.5) is 0 Å². The molecule has 0 N–H and O–H groups in total. The van der Waals surface area contributed by atoms with Gasteiger partial charge in [0.2, 0.25) is 0 Å². The minimum atomic E-state index is -0.779. The van der Waals surface area contributed by atoms with Crippen LogP contribution in [0.25, 0.3) is 0 Å². The molecule has 0 aliphatic rings. The topological polar surface area (TPSA) is 78.9 Å². The van der Waals surface area contributed by atoms with E-state index < -0.39 is 6.10 Å². The Kier molecular flexibility index (Phi) is 68.6. The van der Waals surface area contributed by atoms with Crippen molar-refractivity contribution in [3.05, 3.63) is 48.6 Å². The fourth-order valence-corrected chi connectivity index (χ4v) is 11.1. The number of allylic oxidation sites excluding steroid dienone is 8. The van der Waals surface area contributed by atoms with E-state index >= 15 is 0 Å². The summed E-state index contributed by atoms with van der Waals surface area (Å²) in [6.07, 6.45) is 90.1. The summed E-state index contributed by atoms with van der Waals surface area (Å²) in [6.45, 7) is 6.59. The molecule has 0 saturated carbocycles. The van der Waals surface area contributed by atoms with Crippen molar-refractivity contribution < 1.29 is 28.6 Å². The fourth-order valence-electron chi connectivity index (χ4n) is 11.1. The molecule has 0 radical (unpaired) electrons. The average molecular weight is 1150 g/mol. The predicted octanol–water partition coefficient (Wildman–Crippen LogP) is 25.3. The Hall–Kier alpha value is -2.63. The minimum Gasteiger partial charge on any atom is -0.462 e. The zero-order valence-corrected chi connectivity index (χ0v) is 55.3. The van der Waals surface area contributed by atoms with E-state index in [1.165, 1.54) is 263 Å². The van der Waals surface area contributed by atoms with Gasteiger partial charge in [-0.2, -0.15) is 0 Å². The average Bonchev–Trinajstić information content (AvgIpc) is 3.48. The lowest BCUT2D eigenvalue weighted by molar-refractivity contribution is -0.167. The monoisotopic (exact) mass is 1150 g/mol. The molecular formula is C76H140O6. The molecule has 0 fully saturated rings. The standard InChI is InChI=1S/C76H140O6/c1-4-7-10-13-16-19-22-25-28-30-32-34-36-37-38-39-40-42-43-45-48-51-54-57-60-63-66-69-75(78)81-72-73(71-80-74(77)68-65-62-59-56-53-50-47-27-24-21-18-15-12-9-6-3)82-76(79)70-67-64-61-58-55-52-49-46-44-41-35-33-31-29-26-23-20-17-14-11-8-5-2/h9,12,18,21,27,30,32,47,73H,4-8,10-11,13-17,19-20,22-26,28-29,31,33-46,48-72H2,1-3H3/b12-9-,21-18-,32-30-,47-27-. The van der Waals surface area contributed by atoms with E-state index in [9.17, 15) is 14.4 Å². The highest BCUT2D eigenvalue weighted by Crippen LogP contribution is 2.19. The molecular weight excluding hydrogens is 1010 g/mol. The van der Waals surface area contributed by atoms with Gasteiger partial charge < -0.3 is 14.2 Å². The van der Waals surface area contributed by atoms with Gasteiger partial charge >= 0.3 is 17.9 Å². The first-order valence-electron chi connectivity index (χ1n) is 36.6. The molecule has 0 bridgehead atoms. The van der Waals surface area contributed by atoms with Crippen LogP contribution in [0.15, 0.2) is 48.6 Å².